The molecule has 6 heteroatoms. The Labute approximate surface area is 172 Å². The van der Waals surface area contributed by atoms with Crippen molar-refractivity contribution in [2.75, 3.05) is 17.2 Å². The second-order valence-corrected chi connectivity index (χ2v) is 7.77. The molecule has 0 unspecified atom stereocenters. The number of nitrogens with zero attached hydrogens (tertiary/aromatic N) is 3. The van der Waals surface area contributed by atoms with Crippen molar-refractivity contribution in [1.82, 2.24) is 15.0 Å². The van der Waals surface area contributed by atoms with Crippen molar-refractivity contribution in [2.24, 2.45) is 5.92 Å². The third kappa shape index (κ3) is 5.09. The van der Waals surface area contributed by atoms with E-state index in [0.29, 0.717) is 11.8 Å². The number of hydrogen-bond acceptors (Lipinski definition) is 6. The van der Waals surface area contributed by atoms with Gasteiger partial charge in [0.2, 0.25) is 5.95 Å². The zero-order valence-electron chi connectivity index (χ0n) is 17.7. The summed E-state index contributed by atoms with van der Waals surface area (Å²) < 4.78 is 0. The van der Waals surface area contributed by atoms with Gasteiger partial charge in [0.1, 0.15) is 5.82 Å². The molecule has 0 bridgehead atoms. The molecule has 1 aromatic carbocycles. The number of rotatable bonds is 7. The van der Waals surface area contributed by atoms with Crippen LogP contribution in [-0.4, -0.2) is 32.7 Å². The molecule has 3 aromatic rings. The molecule has 0 saturated carbocycles. The van der Waals surface area contributed by atoms with E-state index in [2.05, 4.69) is 72.3 Å². The van der Waals surface area contributed by atoms with Crippen LogP contribution in [0.15, 0.2) is 42.7 Å². The Morgan fingerprint density at radius 3 is 2.21 bits per heavy atom. The summed E-state index contributed by atoms with van der Waals surface area (Å²) >= 11 is 0. The Morgan fingerprint density at radius 1 is 0.966 bits per heavy atom. The number of aromatic nitrogens is 3. The van der Waals surface area contributed by atoms with Crippen LogP contribution in [0.3, 0.4) is 0 Å². The maximum absolute atomic E-state index is 9.71. The SMILES string of the molecule is Cc1cc(C)c(Nc2cc(-c3ccncc3)nc(N[C@H](CO)C(C)C)n2)c(C)c1. The second-order valence-electron chi connectivity index (χ2n) is 7.77. The van der Waals surface area contributed by atoms with Gasteiger partial charge in [0.15, 0.2) is 0 Å². The largest absolute Gasteiger partial charge is 0.394 e. The second kappa shape index (κ2) is 9.01. The number of nitrogens with one attached hydrogen (secondary N) is 2. The standard InChI is InChI=1S/C23H29N5O/c1-14(2)20(13-29)26-23-25-19(18-6-8-24-9-7-18)12-21(28-23)27-22-16(4)10-15(3)11-17(22)5/h6-12,14,20,29H,13H2,1-5H3,(H2,25,26,27,28)/t20-/m1/s1. The fourth-order valence-electron chi connectivity index (χ4n) is 3.34. The first-order valence-electron chi connectivity index (χ1n) is 9.89. The van der Waals surface area contributed by atoms with Crippen LogP contribution in [0.4, 0.5) is 17.5 Å². The van der Waals surface area contributed by atoms with Crippen LogP contribution in [0, 0.1) is 26.7 Å². The minimum atomic E-state index is -0.126. The summed E-state index contributed by atoms with van der Waals surface area (Å²) in [6.07, 6.45) is 3.49. The van der Waals surface area contributed by atoms with E-state index in [1.807, 2.05) is 18.2 Å². The summed E-state index contributed by atoms with van der Waals surface area (Å²) in [5, 5.41) is 16.4. The van der Waals surface area contributed by atoms with Gasteiger partial charge in [-0.2, -0.15) is 4.98 Å². The molecule has 1 atom stereocenters. The highest BCUT2D eigenvalue weighted by Crippen LogP contribution is 2.28. The summed E-state index contributed by atoms with van der Waals surface area (Å²) in [5.41, 5.74) is 6.35. The van der Waals surface area contributed by atoms with Crippen LogP contribution in [-0.2, 0) is 0 Å². The lowest BCUT2D eigenvalue weighted by molar-refractivity contribution is 0.248. The molecule has 0 aliphatic heterocycles. The molecule has 29 heavy (non-hydrogen) atoms. The molecule has 0 aliphatic rings. The van der Waals surface area contributed by atoms with E-state index in [1.165, 1.54) is 5.56 Å². The number of hydrogen-bond donors (Lipinski definition) is 3. The van der Waals surface area contributed by atoms with Crippen LogP contribution in [0.25, 0.3) is 11.3 Å². The van der Waals surface area contributed by atoms with Crippen molar-refractivity contribution in [3.05, 3.63) is 59.4 Å². The molecule has 6 nitrogen and oxygen atoms in total. The number of aryl methyl sites for hydroxylation is 3. The molecule has 0 fully saturated rings. The van der Waals surface area contributed by atoms with E-state index in [1.54, 1.807) is 12.4 Å². The van der Waals surface area contributed by atoms with Gasteiger partial charge >= 0.3 is 0 Å². The Balaban J connectivity index is 2.03. The van der Waals surface area contributed by atoms with E-state index in [9.17, 15) is 5.11 Å². The highest BCUT2D eigenvalue weighted by atomic mass is 16.3. The summed E-state index contributed by atoms with van der Waals surface area (Å²) in [6, 6.07) is 9.95. The zero-order valence-corrected chi connectivity index (χ0v) is 17.7. The molecule has 0 aliphatic carbocycles. The normalized spacial score (nSPS) is 12.1. The molecule has 0 spiro atoms. The lowest BCUT2D eigenvalue weighted by atomic mass is 10.1. The number of anilines is 3. The summed E-state index contributed by atoms with van der Waals surface area (Å²) in [5.74, 6) is 1.42. The van der Waals surface area contributed by atoms with Crippen LogP contribution in [0.1, 0.15) is 30.5 Å². The first kappa shape index (κ1) is 20.7. The first-order chi connectivity index (χ1) is 13.9. The van der Waals surface area contributed by atoms with E-state index >= 15 is 0 Å². The maximum Gasteiger partial charge on any atom is 0.225 e. The van der Waals surface area contributed by atoms with Crippen molar-refractivity contribution in [2.45, 2.75) is 40.7 Å². The predicted octanol–water partition coefficient (Wildman–Crippen LogP) is 4.64. The van der Waals surface area contributed by atoms with E-state index < -0.39 is 0 Å². The fourth-order valence-corrected chi connectivity index (χ4v) is 3.34. The summed E-state index contributed by atoms with van der Waals surface area (Å²) in [7, 11) is 0. The van der Waals surface area contributed by atoms with Crippen LogP contribution in [0.2, 0.25) is 0 Å². The van der Waals surface area contributed by atoms with Crippen LogP contribution >= 0.6 is 0 Å². The molecule has 2 heterocycles. The number of benzene rings is 1. The molecular weight excluding hydrogens is 362 g/mol. The number of aliphatic hydroxyl groups is 1. The lowest BCUT2D eigenvalue weighted by Gasteiger charge is -2.21. The van der Waals surface area contributed by atoms with Crippen LogP contribution < -0.4 is 10.6 Å². The molecular formula is C23H29N5O. The summed E-state index contributed by atoms with van der Waals surface area (Å²) in [4.78, 5) is 13.4. The smallest absolute Gasteiger partial charge is 0.225 e. The average Bonchev–Trinajstić information content (AvgIpc) is 2.69. The lowest BCUT2D eigenvalue weighted by Crippen LogP contribution is -2.30. The monoisotopic (exact) mass is 391 g/mol. The molecule has 0 amide bonds. The van der Waals surface area contributed by atoms with Crippen molar-refractivity contribution in [3.8, 4) is 11.3 Å². The van der Waals surface area contributed by atoms with Gasteiger partial charge in [-0.25, -0.2) is 4.98 Å². The first-order valence-corrected chi connectivity index (χ1v) is 9.89. The van der Waals surface area contributed by atoms with E-state index in [-0.39, 0.29) is 18.6 Å². The molecule has 0 saturated heterocycles. The van der Waals surface area contributed by atoms with E-state index in [4.69, 9.17) is 0 Å². The van der Waals surface area contributed by atoms with E-state index in [0.717, 1.165) is 28.1 Å². The van der Waals surface area contributed by atoms with Crippen LogP contribution in [0.5, 0.6) is 0 Å². The summed E-state index contributed by atoms with van der Waals surface area (Å²) in [6.45, 7) is 10.4. The van der Waals surface area contributed by atoms with Gasteiger partial charge in [-0.3, -0.25) is 4.98 Å². The fraction of sp³-hybridized carbons (Fsp3) is 0.348. The van der Waals surface area contributed by atoms with Gasteiger partial charge in [0, 0.05) is 29.7 Å². The molecule has 0 radical (unpaired) electrons. The zero-order chi connectivity index (χ0) is 21.0. The molecule has 3 rings (SSSR count). The Hall–Kier alpha value is -2.99. The van der Waals surface area contributed by atoms with Crippen molar-refractivity contribution < 1.29 is 5.11 Å². The minimum absolute atomic E-state index is 0.0133. The highest BCUT2D eigenvalue weighted by Gasteiger charge is 2.15. The van der Waals surface area contributed by atoms with Gasteiger partial charge < -0.3 is 15.7 Å². The topological polar surface area (TPSA) is 83.0 Å². The highest BCUT2D eigenvalue weighted by molar-refractivity contribution is 5.70. The quantitative estimate of drug-likeness (QED) is 0.544. The van der Waals surface area contributed by atoms with Gasteiger partial charge in [-0.1, -0.05) is 31.5 Å². The Morgan fingerprint density at radius 2 is 1.62 bits per heavy atom. The van der Waals surface area contributed by atoms with Crippen molar-refractivity contribution >= 4 is 17.5 Å². The van der Waals surface area contributed by atoms with Gasteiger partial charge in [-0.15, -0.1) is 0 Å². The molecule has 152 valence electrons. The van der Waals surface area contributed by atoms with Crippen molar-refractivity contribution in [1.29, 1.82) is 0 Å². The minimum Gasteiger partial charge on any atom is -0.394 e. The van der Waals surface area contributed by atoms with Gasteiger partial charge in [-0.05, 0) is 49.9 Å². The number of pyridine rings is 1. The van der Waals surface area contributed by atoms with Gasteiger partial charge in [0.25, 0.3) is 0 Å². The predicted molar refractivity (Wildman–Crippen MR) is 119 cm³/mol. The average molecular weight is 392 g/mol. The Kier molecular flexibility index (Phi) is 6.44. The molecule has 3 N–H and O–H groups in total. The maximum atomic E-state index is 9.71. The third-order valence-electron chi connectivity index (χ3n) is 4.95. The van der Waals surface area contributed by atoms with Gasteiger partial charge in [0.05, 0.1) is 18.3 Å². The number of aliphatic hydroxyl groups excluding tert-OH is 1. The molecule has 2 aromatic heterocycles. The third-order valence-corrected chi connectivity index (χ3v) is 4.95. The Bertz CT molecular complexity index is 949. The van der Waals surface area contributed by atoms with Crippen molar-refractivity contribution in [3.63, 3.8) is 0 Å².